The van der Waals surface area contributed by atoms with Crippen LogP contribution >= 0.6 is 0 Å². The number of pyridine rings is 1. The summed E-state index contributed by atoms with van der Waals surface area (Å²) in [7, 11) is 0. The summed E-state index contributed by atoms with van der Waals surface area (Å²) >= 11 is 0. The van der Waals surface area contributed by atoms with Crippen LogP contribution in [-0.2, 0) is 0 Å². The number of nitrogens with zero attached hydrogens (tertiary/aromatic N) is 3. The first-order valence-corrected chi connectivity index (χ1v) is 6.87. The zero-order chi connectivity index (χ0) is 13.1. The van der Waals surface area contributed by atoms with Crippen molar-refractivity contribution in [3.05, 3.63) is 17.8 Å². The molecule has 0 spiro atoms. The fourth-order valence-corrected chi connectivity index (χ4v) is 2.78. The molecular formula is C14H24N4. The molecule has 2 rings (SSSR count). The van der Waals surface area contributed by atoms with Gasteiger partial charge in [0.15, 0.2) is 5.82 Å². The zero-order valence-corrected chi connectivity index (χ0v) is 11.7. The van der Waals surface area contributed by atoms with Gasteiger partial charge in [-0.05, 0) is 38.1 Å². The molecule has 0 aromatic carbocycles. The van der Waals surface area contributed by atoms with Crippen molar-refractivity contribution in [3.63, 3.8) is 0 Å². The van der Waals surface area contributed by atoms with E-state index in [0.717, 1.165) is 43.2 Å². The number of nitrogens with two attached hydrogens (primary N) is 1. The van der Waals surface area contributed by atoms with Gasteiger partial charge < -0.3 is 10.6 Å². The lowest BCUT2D eigenvalue weighted by Crippen LogP contribution is -2.37. The lowest BCUT2D eigenvalue weighted by atomic mass is 10.2. The summed E-state index contributed by atoms with van der Waals surface area (Å²) in [6.45, 7) is 10.8. The van der Waals surface area contributed by atoms with Crippen molar-refractivity contribution in [1.29, 1.82) is 0 Å². The van der Waals surface area contributed by atoms with Crippen LogP contribution in [0.2, 0.25) is 0 Å². The first kappa shape index (κ1) is 13.1. The molecule has 0 saturated carbocycles. The molecule has 0 bridgehead atoms. The molecule has 2 heterocycles. The normalized spacial score (nSPS) is 19.8. The molecule has 1 aliphatic heterocycles. The van der Waals surface area contributed by atoms with Crippen LogP contribution in [0.5, 0.6) is 0 Å². The minimum atomic E-state index is 0.640. The topological polar surface area (TPSA) is 45.4 Å². The highest BCUT2D eigenvalue weighted by Gasteiger charge is 2.27. The van der Waals surface area contributed by atoms with Crippen molar-refractivity contribution in [3.8, 4) is 0 Å². The molecule has 1 aromatic heterocycles. The van der Waals surface area contributed by atoms with E-state index in [9.17, 15) is 0 Å². The monoisotopic (exact) mass is 248 g/mol. The number of rotatable bonds is 4. The Morgan fingerprint density at radius 2 is 2.17 bits per heavy atom. The van der Waals surface area contributed by atoms with Crippen LogP contribution in [0.1, 0.15) is 25.8 Å². The van der Waals surface area contributed by atoms with E-state index >= 15 is 0 Å². The summed E-state index contributed by atoms with van der Waals surface area (Å²) < 4.78 is 0. The SMILES string of the molecule is CCN(CC)C1CCN(c2nccc(C)c2N)C1. The first-order chi connectivity index (χ1) is 8.67. The van der Waals surface area contributed by atoms with Gasteiger partial charge in [0.05, 0.1) is 5.69 Å². The molecule has 4 nitrogen and oxygen atoms in total. The Morgan fingerprint density at radius 1 is 1.44 bits per heavy atom. The molecule has 1 aliphatic rings. The molecule has 1 saturated heterocycles. The number of aryl methyl sites for hydroxylation is 1. The maximum Gasteiger partial charge on any atom is 0.152 e. The van der Waals surface area contributed by atoms with Gasteiger partial charge in [-0.15, -0.1) is 0 Å². The molecule has 100 valence electrons. The lowest BCUT2D eigenvalue weighted by molar-refractivity contribution is 0.232. The minimum Gasteiger partial charge on any atom is -0.396 e. The Bertz CT molecular complexity index is 401. The fourth-order valence-electron chi connectivity index (χ4n) is 2.78. The van der Waals surface area contributed by atoms with Crippen molar-refractivity contribution in [1.82, 2.24) is 9.88 Å². The van der Waals surface area contributed by atoms with E-state index in [1.54, 1.807) is 0 Å². The molecule has 0 radical (unpaired) electrons. The largest absolute Gasteiger partial charge is 0.396 e. The van der Waals surface area contributed by atoms with Gasteiger partial charge in [-0.25, -0.2) is 4.98 Å². The molecule has 1 atom stereocenters. The Morgan fingerprint density at radius 3 is 2.83 bits per heavy atom. The van der Waals surface area contributed by atoms with Gasteiger partial charge in [0.1, 0.15) is 0 Å². The summed E-state index contributed by atoms with van der Waals surface area (Å²) in [6, 6.07) is 2.61. The summed E-state index contributed by atoms with van der Waals surface area (Å²) in [6.07, 6.45) is 3.06. The van der Waals surface area contributed by atoms with Crippen LogP contribution in [0.25, 0.3) is 0 Å². The fraction of sp³-hybridized carbons (Fsp3) is 0.643. The zero-order valence-electron chi connectivity index (χ0n) is 11.7. The van der Waals surface area contributed by atoms with Gasteiger partial charge in [-0.3, -0.25) is 4.90 Å². The van der Waals surface area contributed by atoms with Crippen molar-refractivity contribution in [2.75, 3.05) is 36.8 Å². The van der Waals surface area contributed by atoms with E-state index in [4.69, 9.17) is 5.73 Å². The van der Waals surface area contributed by atoms with Crippen LogP contribution in [0, 0.1) is 6.92 Å². The van der Waals surface area contributed by atoms with E-state index in [1.807, 2.05) is 19.2 Å². The van der Waals surface area contributed by atoms with Gasteiger partial charge in [0, 0.05) is 25.3 Å². The van der Waals surface area contributed by atoms with E-state index < -0.39 is 0 Å². The van der Waals surface area contributed by atoms with Gasteiger partial charge >= 0.3 is 0 Å². The number of likely N-dealkylation sites (N-methyl/N-ethyl adjacent to an activating group) is 1. The molecule has 4 heteroatoms. The number of hydrogen-bond donors (Lipinski definition) is 1. The van der Waals surface area contributed by atoms with Crippen LogP contribution in [0.3, 0.4) is 0 Å². The van der Waals surface area contributed by atoms with Crippen molar-refractivity contribution in [2.45, 2.75) is 33.2 Å². The predicted octanol–water partition coefficient (Wildman–Crippen LogP) is 1.89. The van der Waals surface area contributed by atoms with Crippen molar-refractivity contribution >= 4 is 11.5 Å². The summed E-state index contributed by atoms with van der Waals surface area (Å²) in [4.78, 5) is 9.29. The third kappa shape index (κ3) is 2.43. The highest BCUT2D eigenvalue weighted by atomic mass is 15.3. The van der Waals surface area contributed by atoms with Crippen molar-refractivity contribution in [2.24, 2.45) is 0 Å². The van der Waals surface area contributed by atoms with Crippen molar-refractivity contribution < 1.29 is 0 Å². The average Bonchev–Trinajstić information content (AvgIpc) is 2.84. The quantitative estimate of drug-likeness (QED) is 0.884. The molecular weight excluding hydrogens is 224 g/mol. The Hall–Kier alpha value is -1.29. The smallest absolute Gasteiger partial charge is 0.152 e. The maximum absolute atomic E-state index is 6.13. The maximum atomic E-state index is 6.13. The van der Waals surface area contributed by atoms with E-state index in [-0.39, 0.29) is 0 Å². The molecule has 1 unspecified atom stereocenters. The van der Waals surface area contributed by atoms with Gasteiger partial charge in [-0.2, -0.15) is 0 Å². The molecule has 0 aliphatic carbocycles. The Labute approximate surface area is 110 Å². The number of hydrogen-bond acceptors (Lipinski definition) is 4. The van der Waals surface area contributed by atoms with Gasteiger partial charge in [0.2, 0.25) is 0 Å². The number of nitrogen functional groups attached to an aromatic ring is 1. The predicted molar refractivity (Wildman–Crippen MR) is 76.9 cm³/mol. The Balaban J connectivity index is 2.11. The summed E-state index contributed by atoms with van der Waals surface area (Å²) in [5, 5.41) is 0. The lowest BCUT2D eigenvalue weighted by Gasteiger charge is -2.26. The van der Waals surface area contributed by atoms with Gasteiger partial charge in [0.25, 0.3) is 0 Å². The second-order valence-electron chi connectivity index (χ2n) is 4.97. The van der Waals surface area contributed by atoms with E-state index in [1.165, 1.54) is 6.42 Å². The molecule has 1 aromatic rings. The third-order valence-corrected chi connectivity index (χ3v) is 3.98. The van der Waals surface area contributed by atoms with Gasteiger partial charge in [-0.1, -0.05) is 13.8 Å². The average molecular weight is 248 g/mol. The molecule has 1 fully saturated rings. The number of anilines is 2. The highest BCUT2D eigenvalue weighted by Crippen LogP contribution is 2.27. The minimum absolute atomic E-state index is 0.640. The molecule has 18 heavy (non-hydrogen) atoms. The second kappa shape index (κ2) is 5.57. The van der Waals surface area contributed by atoms with Crippen LogP contribution in [-0.4, -0.2) is 42.1 Å². The third-order valence-electron chi connectivity index (χ3n) is 3.98. The number of aromatic nitrogens is 1. The molecule has 0 amide bonds. The van der Waals surface area contributed by atoms with E-state index in [2.05, 4.69) is 28.6 Å². The Kier molecular flexibility index (Phi) is 4.07. The van der Waals surface area contributed by atoms with E-state index in [0.29, 0.717) is 6.04 Å². The van der Waals surface area contributed by atoms with Crippen LogP contribution < -0.4 is 10.6 Å². The first-order valence-electron chi connectivity index (χ1n) is 6.87. The second-order valence-corrected chi connectivity index (χ2v) is 4.97. The summed E-state index contributed by atoms with van der Waals surface area (Å²) in [5.41, 5.74) is 8.08. The van der Waals surface area contributed by atoms with Crippen LogP contribution in [0.15, 0.2) is 12.3 Å². The van der Waals surface area contributed by atoms with Crippen LogP contribution in [0.4, 0.5) is 11.5 Å². The molecule has 2 N–H and O–H groups in total. The standard InChI is InChI=1S/C14H24N4/c1-4-17(5-2)12-7-9-18(10-12)14-13(15)11(3)6-8-16-14/h6,8,12H,4-5,7,9-10,15H2,1-3H3. The highest BCUT2D eigenvalue weighted by molar-refractivity contribution is 5.66. The summed E-state index contributed by atoms with van der Waals surface area (Å²) in [5.74, 6) is 0.963.